The van der Waals surface area contributed by atoms with E-state index in [1.807, 2.05) is 0 Å². The van der Waals surface area contributed by atoms with E-state index in [1.54, 1.807) is 0 Å². The van der Waals surface area contributed by atoms with Gasteiger partial charge in [-0.25, -0.2) is 0 Å². The zero-order valence-corrected chi connectivity index (χ0v) is 11.1. The van der Waals surface area contributed by atoms with Crippen LogP contribution < -0.4 is 10.6 Å². The molecular weight excluding hydrogens is 216 g/mol. The average molecular weight is 242 g/mol. The van der Waals surface area contributed by atoms with Gasteiger partial charge in [-0.15, -0.1) is 0 Å². The summed E-state index contributed by atoms with van der Waals surface area (Å²) < 4.78 is 0. The molecule has 0 unspecified atom stereocenters. The molecule has 0 aromatic carbocycles. The molecule has 4 nitrogen and oxygen atoms in total. The van der Waals surface area contributed by atoms with Crippen LogP contribution in [0.25, 0.3) is 0 Å². The lowest BCUT2D eigenvalue weighted by molar-refractivity contribution is -0.120. The normalized spacial score (nSPS) is 15.9. The Balaban J connectivity index is 2.13. The number of amides is 1. The van der Waals surface area contributed by atoms with Gasteiger partial charge in [-0.3, -0.25) is 4.79 Å². The molecule has 0 saturated heterocycles. The predicted molar refractivity (Wildman–Crippen MR) is 68.7 cm³/mol. The van der Waals surface area contributed by atoms with Crippen LogP contribution in [0.5, 0.6) is 0 Å². The van der Waals surface area contributed by atoms with E-state index in [0.717, 1.165) is 25.3 Å². The molecule has 1 fully saturated rings. The second-order valence-electron chi connectivity index (χ2n) is 5.22. The van der Waals surface area contributed by atoms with Crippen molar-refractivity contribution in [2.45, 2.75) is 39.5 Å². The quantitative estimate of drug-likeness (QED) is 0.563. The standard InChI is InChI=1S/C13H26N2O2/c1-3-13(4-2,10-16)9-14-8-12(17)15-7-11-5-6-11/h11,14,16H,3-10H2,1-2H3,(H,15,17). The van der Waals surface area contributed by atoms with Crippen molar-refractivity contribution in [1.29, 1.82) is 0 Å². The Morgan fingerprint density at radius 2 is 2.00 bits per heavy atom. The molecule has 1 aliphatic carbocycles. The molecule has 0 bridgehead atoms. The summed E-state index contributed by atoms with van der Waals surface area (Å²) in [7, 11) is 0. The van der Waals surface area contributed by atoms with Gasteiger partial charge >= 0.3 is 0 Å². The van der Waals surface area contributed by atoms with E-state index < -0.39 is 0 Å². The van der Waals surface area contributed by atoms with Crippen molar-refractivity contribution in [3.63, 3.8) is 0 Å². The van der Waals surface area contributed by atoms with Crippen molar-refractivity contribution in [2.24, 2.45) is 11.3 Å². The van der Waals surface area contributed by atoms with Crippen molar-refractivity contribution in [1.82, 2.24) is 10.6 Å². The number of carbonyl (C=O) groups is 1. The summed E-state index contributed by atoms with van der Waals surface area (Å²) in [5, 5.41) is 15.5. The third-order valence-corrected chi connectivity index (χ3v) is 3.91. The van der Waals surface area contributed by atoms with Crippen LogP contribution in [0.3, 0.4) is 0 Å². The predicted octanol–water partition coefficient (Wildman–Crippen LogP) is 0.901. The van der Waals surface area contributed by atoms with E-state index >= 15 is 0 Å². The van der Waals surface area contributed by atoms with Crippen LogP contribution in [0, 0.1) is 11.3 Å². The zero-order valence-electron chi connectivity index (χ0n) is 11.1. The minimum absolute atomic E-state index is 0.0657. The summed E-state index contributed by atoms with van der Waals surface area (Å²) in [6, 6.07) is 0. The van der Waals surface area contributed by atoms with Crippen LogP contribution in [0.2, 0.25) is 0 Å². The largest absolute Gasteiger partial charge is 0.396 e. The third-order valence-electron chi connectivity index (χ3n) is 3.91. The molecule has 0 aromatic heterocycles. The van der Waals surface area contributed by atoms with Crippen LogP contribution >= 0.6 is 0 Å². The summed E-state index contributed by atoms with van der Waals surface area (Å²) in [5.41, 5.74) is -0.0726. The van der Waals surface area contributed by atoms with Gasteiger partial charge in [-0.2, -0.15) is 0 Å². The molecule has 0 atom stereocenters. The average Bonchev–Trinajstić information content (AvgIpc) is 3.17. The SMILES string of the molecule is CCC(CC)(CO)CNCC(=O)NCC1CC1. The summed E-state index contributed by atoms with van der Waals surface area (Å²) in [4.78, 5) is 11.5. The highest BCUT2D eigenvalue weighted by Crippen LogP contribution is 2.27. The number of nitrogens with one attached hydrogen (secondary N) is 2. The number of aliphatic hydroxyl groups excluding tert-OH is 1. The monoisotopic (exact) mass is 242 g/mol. The van der Waals surface area contributed by atoms with Gasteiger partial charge in [0.2, 0.25) is 5.91 Å². The van der Waals surface area contributed by atoms with Gasteiger partial charge in [0.25, 0.3) is 0 Å². The van der Waals surface area contributed by atoms with E-state index in [0.29, 0.717) is 13.1 Å². The molecule has 0 aliphatic heterocycles. The van der Waals surface area contributed by atoms with Crippen molar-refractivity contribution < 1.29 is 9.90 Å². The van der Waals surface area contributed by atoms with Crippen molar-refractivity contribution in [3.8, 4) is 0 Å². The highest BCUT2D eigenvalue weighted by atomic mass is 16.3. The molecule has 0 radical (unpaired) electrons. The first-order chi connectivity index (χ1) is 8.15. The number of hydrogen-bond acceptors (Lipinski definition) is 3. The lowest BCUT2D eigenvalue weighted by atomic mass is 9.83. The Morgan fingerprint density at radius 1 is 1.35 bits per heavy atom. The maximum atomic E-state index is 11.5. The molecule has 0 heterocycles. The molecule has 1 amide bonds. The topological polar surface area (TPSA) is 61.4 Å². The first-order valence-corrected chi connectivity index (χ1v) is 6.74. The summed E-state index contributed by atoms with van der Waals surface area (Å²) in [5.74, 6) is 0.790. The minimum atomic E-state index is -0.0726. The molecule has 1 aliphatic rings. The highest BCUT2D eigenvalue weighted by Gasteiger charge is 2.25. The number of aliphatic hydroxyl groups is 1. The van der Waals surface area contributed by atoms with Gasteiger partial charge in [-0.05, 0) is 31.6 Å². The van der Waals surface area contributed by atoms with Gasteiger partial charge in [0.05, 0.1) is 6.54 Å². The lowest BCUT2D eigenvalue weighted by Gasteiger charge is -2.29. The second-order valence-corrected chi connectivity index (χ2v) is 5.22. The maximum Gasteiger partial charge on any atom is 0.233 e. The zero-order chi connectivity index (χ0) is 12.7. The van der Waals surface area contributed by atoms with E-state index in [1.165, 1.54) is 12.8 Å². The molecule has 3 N–H and O–H groups in total. The summed E-state index contributed by atoms with van der Waals surface area (Å²) in [6.45, 7) is 6.22. The van der Waals surface area contributed by atoms with E-state index in [-0.39, 0.29) is 17.9 Å². The molecule has 1 saturated carbocycles. The number of carbonyl (C=O) groups excluding carboxylic acids is 1. The Morgan fingerprint density at radius 3 is 2.47 bits per heavy atom. The van der Waals surface area contributed by atoms with Crippen LogP contribution in [-0.4, -0.2) is 37.3 Å². The first-order valence-electron chi connectivity index (χ1n) is 6.74. The Kier molecular flexibility index (Phi) is 5.92. The molecule has 17 heavy (non-hydrogen) atoms. The van der Waals surface area contributed by atoms with Crippen LogP contribution in [0.15, 0.2) is 0 Å². The third kappa shape index (κ3) is 5.04. The van der Waals surface area contributed by atoms with Crippen LogP contribution in [0.4, 0.5) is 0 Å². The maximum absolute atomic E-state index is 11.5. The fraction of sp³-hybridized carbons (Fsp3) is 0.923. The molecule has 0 aromatic rings. The van der Waals surface area contributed by atoms with Crippen LogP contribution in [-0.2, 0) is 4.79 Å². The Labute approximate surface area is 104 Å². The van der Waals surface area contributed by atoms with E-state index in [4.69, 9.17) is 0 Å². The van der Waals surface area contributed by atoms with Crippen LogP contribution in [0.1, 0.15) is 39.5 Å². The van der Waals surface area contributed by atoms with Crippen molar-refractivity contribution in [2.75, 3.05) is 26.2 Å². The number of hydrogen-bond donors (Lipinski definition) is 3. The fourth-order valence-electron chi connectivity index (χ4n) is 1.86. The van der Waals surface area contributed by atoms with Crippen molar-refractivity contribution in [3.05, 3.63) is 0 Å². The molecular formula is C13H26N2O2. The minimum Gasteiger partial charge on any atom is -0.396 e. The highest BCUT2D eigenvalue weighted by molar-refractivity contribution is 5.77. The first kappa shape index (κ1) is 14.5. The lowest BCUT2D eigenvalue weighted by Crippen LogP contribution is -2.41. The molecule has 0 spiro atoms. The van der Waals surface area contributed by atoms with Gasteiger partial charge in [-0.1, -0.05) is 13.8 Å². The van der Waals surface area contributed by atoms with E-state index in [2.05, 4.69) is 24.5 Å². The molecule has 100 valence electrons. The Hall–Kier alpha value is -0.610. The van der Waals surface area contributed by atoms with Gasteiger partial charge in [0, 0.05) is 25.1 Å². The van der Waals surface area contributed by atoms with Gasteiger partial charge in [0.15, 0.2) is 0 Å². The molecule has 1 rings (SSSR count). The summed E-state index contributed by atoms with van der Waals surface area (Å²) in [6.07, 6.45) is 4.37. The Bertz CT molecular complexity index is 227. The van der Waals surface area contributed by atoms with E-state index in [9.17, 15) is 9.90 Å². The number of rotatable bonds is 9. The van der Waals surface area contributed by atoms with Gasteiger partial charge < -0.3 is 15.7 Å². The smallest absolute Gasteiger partial charge is 0.233 e. The fourth-order valence-corrected chi connectivity index (χ4v) is 1.86. The molecule has 4 heteroatoms. The summed E-state index contributed by atoms with van der Waals surface area (Å²) >= 11 is 0. The van der Waals surface area contributed by atoms with Gasteiger partial charge in [0.1, 0.15) is 0 Å². The van der Waals surface area contributed by atoms with Crippen molar-refractivity contribution >= 4 is 5.91 Å². The second kappa shape index (κ2) is 6.97.